The summed E-state index contributed by atoms with van der Waals surface area (Å²) >= 11 is 0. The summed E-state index contributed by atoms with van der Waals surface area (Å²) in [7, 11) is 0. The molecule has 0 aliphatic carbocycles. The van der Waals surface area contributed by atoms with Crippen LogP contribution in [0.4, 0.5) is 4.39 Å². The maximum Gasteiger partial charge on any atom is 0.349 e. The maximum absolute atomic E-state index is 12.7. The number of esters is 1. The van der Waals surface area contributed by atoms with Crippen molar-refractivity contribution < 1.29 is 18.7 Å². The molecule has 0 fully saturated rings. The van der Waals surface area contributed by atoms with Gasteiger partial charge >= 0.3 is 5.97 Å². The van der Waals surface area contributed by atoms with E-state index in [-0.39, 0.29) is 12.4 Å². The Kier molecular flexibility index (Phi) is 4.13. The number of rotatable bonds is 4. The molecule has 19 heavy (non-hydrogen) atoms. The number of carbonyl (C=O) groups is 1. The fourth-order valence-electron chi connectivity index (χ4n) is 1.51. The topological polar surface area (TPSA) is 35.5 Å². The van der Waals surface area contributed by atoms with Gasteiger partial charge in [0.05, 0.1) is 0 Å². The van der Waals surface area contributed by atoms with Crippen molar-refractivity contribution in [1.82, 2.24) is 0 Å². The fourth-order valence-corrected chi connectivity index (χ4v) is 1.51. The van der Waals surface area contributed by atoms with Crippen molar-refractivity contribution in [1.29, 1.82) is 0 Å². The molecular formula is C15H13FO3. The van der Waals surface area contributed by atoms with Crippen LogP contribution in [0.3, 0.4) is 0 Å². The molecule has 0 spiro atoms. The van der Waals surface area contributed by atoms with Gasteiger partial charge in [-0.05, 0) is 48.9 Å². The Morgan fingerprint density at radius 2 is 1.84 bits per heavy atom. The Bertz CT molecular complexity index is 564. The van der Waals surface area contributed by atoms with Gasteiger partial charge in [0.1, 0.15) is 17.3 Å². The van der Waals surface area contributed by atoms with Crippen molar-refractivity contribution >= 4 is 5.97 Å². The zero-order valence-electron chi connectivity index (χ0n) is 10.4. The van der Waals surface area contributed by atoms with Gasteiger partial charge in [-0.3, -0.25) is 0 Å². The van der Waals surface area contributed by atoms with Crippen LogP contribution in [0.1, 0.15) is 5.56 Å². The predicted molar refractivity (Wildman–Crippen MR) is 68.7 cm³/mol. The first-order valence-electron chi connectivity index (χ1n) is 5.79. The predicted octanol–water partition coefficient (Wildman–Crippen LogP) is 3.12. The second kappa shape index (κ2) is 6.00. The molecule has 0 atom stereocenters. The molecule has 2 aromatic carbocycles. The monoisotopic (exact) mass is 260 g/mol. The highest BCUT2D eigenvalue weighted by Crippen LogP contribution is 2.14. The van der Waals surface area contributed by atoms with Gasteiger partial charge in [0, 0.05) is 0 Å². The molecule has 4 heteroatoms. The number of ether oxygens (including phenoxy) is 2. The lowest BCUT2D eigenvalue weighted by Crippen LogP contribution is -2.17. The van der Waals surface area contributed by atoms with E-state index in [9.17, 15) is 9.18 Å². The normalized spacial score (nSPS) is 10.0. The van der Waals surface area contributed by atoms with Crippen LogP contribution in [0.15, 0.2) is 48.5 Å². The van der Waals surface area contributed by atoms with Crippen LogP contribution < -0.4 is 9.47 Å². The Morgan fingerprint density at radius 3 is 2.53 bits per heavy atom. The van der Waals surface area contributed by atoms with Gasteiger partial charge in [-0.2, -0.15) is 0 Å². The first kappa shape index (κ1) is 13.1. The second-order valence-corrected chi connectivity index (χ2v) is 4.03. The van der Waals surface area contributed by atoms with Crippen LogP contribution in [0, 0.1) is 12.7 Å². The summed E-state index contributed by atoms with van der Waals surface area (Å²) in [6.07, 6.45) is 0. The molecule has 0 aromatic heterocycles. The lowest BCUT2D eigenvalue weighted by Gasteiger charge is -2.07. The van der Waals surface area contributed by atoms with E-state index in [0.717, 1.165) is 5.56 Å². The van der Waals surface area contributed by atoms with Gasteiger partial charge in [-0.15, -0.1) is 0 Å². The molecule has 0 aliphatic heterocycles. The number of hydrogen-bond donors (Lipinski definition) is 0. The standard InChI is InChI=1S/C15H13FO3/c1-11-3-2-4-14(9-11)18-10-15(17)19-13-7-5-12(16)6-8-13/h2-9H,10H2,1H3. The maximum atomic E-state index is 12.7. The average Bonchev–Trinajstić information content (AvgIpc) is 2.39. The lowest BCUT2D eigenvalue weighted by atomic mass is 10.2. The van der Waals surface area contributed by atoms with E-state index in [2.05, 4.69) is 0 Å². The Hall–Kier alpha value is -2.36. The minimum atomic E-state index is -0.534. The molecule has 0 amide bonds. The molecule has 0 aliphatic rings. The average molecular weight is 260 g/mol. The first-order valence-corrected chi connectivity index (χ1v) is 5.79. The van der Waals surface area contributed by atoms with Crippen molar-refractivity contribution in [3.8, 4) is 11.5 Å². The third-order valence-corrected chi connectivity index (χ3v) is 2.39. The van der Waals surface area contributed by atoms with Crippen molar-refractivity contribution in [2.24, 2.45) is 0 Å². The van der Waals surface area contributed by atoms with Crippen molar-refractivity contribution in [2.45, 2.75) is 6.92 Å². The zero-order chi connectivity index (χ0) is 13.7. The van der Waals surface area contributed by atoms with Crippen LogP contribution in [0.2, 0.25) is 0 Å². The van der Waals surface area contributed by atoms with Gasteiger partial charge in [-0.1, -0.05) is 12.1 Å². The number of hydrogen-bond acceptors (Lipinski definition) is 3. The first-order chi connectivity index (χ1) is 9.13. The molecule has 0 N–H and O–H groups in total. The van der Waals surface area contributed by atoms with Crippen LogP contribution in [0.5, 0.6) is 11.5 Å². The highest BCUT2D eigenvalue weighted by Gasteiger charge is 2.06. The highest BCUT2D eigenvalue weighted by atomic mass is 19.1. The van der Waals surface area contributed by atoms with Gasteiger partial charge in [0.15, 0.2) is 6.61 Å². The van der Waals surface area contributed by atoms with Crippen LogP contribution in [-0.2, 0) is 4.79 Å². The summed E-state index contributed by atoms with van der Waals surface area (Å²) in [5.74, 6) is -0.0146. The Labute approximate surface area is 110 Å². The summed E-state index contributed by atoms with van der Waals surface area (Å²) < 4.78 is 23.0. The minimum absolute atomic E-state index is 0.194. The molecule has 0 bridgehead atoms. The molecule has 0 heterocycles. The smallest absolute Gasteiger partial charge is 0.349 e. The number of halogens is 1. The van der Waals surface area contributed by atoms with Crippen molar-refractivity contribution in [3.05, 3.63) is 59.9 Å². The molecule has 98 valence electrons. The van der Waals surface area contributed by atoms with Crippen molar-refractivity contribution in [2.75, 3.05) is 6.61 Å². The summed E-state index contributed by atoms with van der Waals surface area (Å²) in [6.45, 7) is 1.74. The highest BCUT2D eigenvalue weighted by molar-refractivity contribution is 5.73. The molecule has 0 unspecified atom stereocenters. The van der Waals surface area contributed by atoms with E-state index >= 15 is 0 Å². The van der Waals surface area contributed by atoms with E-state index in [4.69, 9.17) is 9.47 Å². The van der Waals surface area contributed by atoms with Gasteiger partial charge in [-0.25, -0.2) is 9.18 Å². The quantitative estimate of drug-likeness (QED) is 0.626. The van der Waals surface area contributed by atoms with E-state index in [1.807, 2.05) is 25.1 Å². The summed E-state index contributed by atoms with van der Waals surface area (Å²) in [5.41, 5.74) is 1.05. The lowest BCUT2D eigenvalue weighted by molar-refractivity contribution is -0.136. The van der Waals surface area contributed by atoms with E-state index in [1.165, 1.54) is 24.3 Å². The van der Waals surface area contributed by atoms with Gasteiger partial charge in [0.25, 0.3) is 0 Å². The molecule has 0 saturated carbocycles. The summed E-state index contributed by atoms with van der Waals surface area (Å²) in [5, 5.41) is 0. The van der Waals surface area contributed by atoms with Crippen LogP contribution in [-0.4, -0.2) is 12.6 Å². The minimum Gasteiger partial charge on any atom is -0.482 e. The molecule has 2 aromatic rings. The molecule has 2 rings (SSSR count). The third kappa shape index (κ3) is 4.10. The van der Waals surface area contributed by atoms with Crippen LogP contribution in [0.25, 0.3) is 0 Å². The fraction of sp³-hybridized carbons (Fsp3) is 0.133. The third-order valence-electron chi connectivity index (χ3n) is 2.39. The number of carbonyl (C=O) groups excluding carboxylic acids is 1. The van der Waals surface area contributed by atoms with Gasteiger partial charge < -0.3 is 9.47 Å². The largest absolute Gasteiger partial charge is 0.482 e. The Morgan fingerprint density at radius 1 is 1.11 bits per heavy atom. The zero-order valence-corrected chi connectivity index (χ0v) is 10.4. The number of benzene rings is 2. The summed E-state index contributed by atoms with van der Waals surface area (Å²) in [4.78, 5) is 11.5. The molecule has 0 radical (unpaired) electrons. The molecule has 3 nitrogen and oxygen atoms in total. The summed E-state index contributed by atoms with van der Waals surface area (Å²) in [6, 6.07) is 12.6. The van der Waals surface area contributed by atoms with Gasteiger partial charge in [0.2, 0.25) is 0 Å². The van der Waals surface area contributed by atoms with E-state index < -0.39 is 5.97 Å². The molecular weight excluding hydrogens is 247 g/mol. The SMILES string of the molecule is Cc1cccc(OCC(=O)Oc2ccc(F)cc2)c1. The Balaban J connectivity index is 1.86. The van der Waals surface area contributed by atoms with Crippen LogP contribution >= 0.6 is 0 Å². The van der Waals surface area contributed by atoms with Crippen molar-refractivity contribution in [3.63, 3.8) is 0 Å². The number of aryl methyl sites for hydroxylation is 1. The van der Waals surface area contributed by atoms with E-state index in [1.54, 1.807) is 6.07 Å². The second-order valence-electron chi connectivity index (χ2n) is 4.03. The van der Waals surface area contributed by atoms with E-state index in [0.29, 0.717) is 11.5 Å². The molecule has 0 saturated heterocycles.